The summed E-state index contributed by atoms with van der Waals surface area (Å²) >= 11 is 0. The molecule has 0 saturated heterocycles. The van der Waals surface area contributed by atoms with Crippen molar-refractivity contribution in [2.45, 2.75) is 0 Å². The molecule has 102 valence electrons. The Morgan fingerprint density at radius 1 is 0.857 bits per heavy atom. The summed E-state index contributed by atoms with van der Waals surface area (Å²) in [6.07, 6.45) is 0. The minimum absolute atomic E-state index is 0.0695. The van der Waals surface area contributed by atoms with Crippen molar-refractivity contribution in [3.8, 4) is 17.0 Å². The van der Waals surface area contributed by atoms with Crippen LogP contribution in [0.5, 0.6) is 5.75 Å². The second-order valence-corrected chi connectivity index (χ2v) is 4.65. The molecule has 21 heavy (non-hydrogen) atoms. The molecule has 3 aromatic rings. The van der Waals surface area contributed by atoms with E-state index in [-0.39, 0.29) is 11.5 Å². The zero-order chi connectivity index (χ0) is 14.7. The molecule has 0 aliphatic rings. The average molecular weight is 275 g/mol. The molecular weight excluding hydrogens is 262 g/mol. The van der Waals surface area contributed by atoms with E-state index in [0.717, 1.165) is 11.3 Å². The summed E-state index contributed by atoms with van der Waals surface area (Å²) in [6.45, 7) is 0. The molecule has 3 rings (SSSR count). The number of pyridine rings is 1. The van der Waals surface area contributed by atoms with Gasteiger partial charge >= 0.3 is 0 Å². The maximum atomic E-state index is 12.4. The highest BCUT2D eigenvalue weighted by atomic mass is 16.3. The summed E-state index contributed by atoms with van der Waals surface area (Å²) in [6, 6.07) is 21.3. The van der Waals surface area contributed by atoms with Gasteiger partial charge in [-0.15, -0.1) is 0 Å². The van der Waals surface area contributed by atoms with Crippen LogP contribution in [0, 0.1) is 0 Å². The number of rotatable bonds is 3. The number of ketones is 1. The van der Waals surface area contributed by atoms with Gasteiger partial charge in [0.1, 0.15) is 11.4 Å². The monoisotopic (exact) mass is 275 g/mol. The molecule has 1 N–H and O–H groups in total. The lowest BCUT2D eigenvalue weighted by atomic mass is 10.1. The lowest BCUT2D eigenvalue weighted by Crippen LogP contribution is -2.04. The summed E-state index contributed by atoms with van der Waals surface area (Å²) in [7, 11) is 0. The van der Waals surface area contributed by atoms with Crippen molar-refractivity contribution in [1.82, 2.24) is 4.98 Å². The van der Waals surface area contributed by atoms with Gasteiger partial charge in [-0.1, -0.05) is 48.5 Å². The predicted octanol–water partition coefficient (Wildman–Crippen LogP) is 3.69. The van der Waals surface area contributed by atoms with Crippen molar-refractivity contribution < 1.29 is 9.90 Å². The van der Waals surface area contributed by atoms with Gasteiger partial charge in [-0.25, -0.2) is 4.98 Å². The number of phenolic OH excluding ortho intramolecular Hbond substituents is 1. The number of aromatic hydroxyl groups is 1. The maximum absolute atomic E-state index is 12.4. The van der Waals surface area contributed by atoms with E-state index in [9.17, 15) is 9.90 Å². The highest BCUT2D eigenvalue weighted by Gasteiger charge is 2.12. The molecule has 0 atom stereocenters. The first-order valence-electron chi connectivity index (χ1n) is 6.60. The predicted molar refractivity (Wildman–Crippen MR) is 81.2 cm³/mol. The van der Waals surface area contributed by atoms with Crippen LogP contribution in [0.3, 0.4) is 0 Å². The first-order chi connectivity index (χ1) is 10.2. The molecule has 0 fully saturated rings. The van der Waals surface area contributed by atoms with Crippen LogP contribution in [-0.4, -0.2) is 15.9 Å². The first kappa shape index (κ1) is 13.1. The van der Waals surface area contributed by atoms with E-state index in [1.54, 1.807) is 18.2 Å². The van der Waals surface area contributed by atoms with Crippen LogP contribution in [0.4, 0.5) is 0 Å². The fraction of sp³-hybridized carbons (Fsp3) is 0. The van der Waals surface area contributed by atoms with Crippen LogP contribution in [-0.2, 0) is 0 Å². The number of benzene rings is 2. The van der Waals surface area contributed by atoms with Crippen LogP contribution >= 0.6 is 0 Å². The van der Waals surface area contributed by atoms with Gasteiger partial charge in [-0.3, -0.25) is 4.79 Å². The third-order valence-corrected chi connectivity index (χ3v) is 3.16. The molecule has 1 heterocycles. The Hall–Kier alpha value is -2.94. The number of nitrogens with zero attached hydrogens (tertiary/aromatic N) is 1. The Bertz CT molecular complexity index is 782. The third kappa shape index (κ3) is 2.82. The highest BCUT2D eigenvalue weighted by Crippen LogP contribution is 2.19. The van der Waals surface area contributed by atoms with Gasteiger partial charge in [0.05, 0.1) is 5.69 Å². The lowest BCUT2D eigenvalue weighted by molar-refractivity contribution is 0.103. The van der Waals surface area contributed by atoms with Crippen molar-refractivity contribution >= 4 is 5.78 Å². The van der Waals surface area contributed by atoms with Crippen LogP contribution in [0.1, 0.15) is 16.1 Å². The van der Waals surface area contributed by atoms with Crippen LogP contribution in [0.15, 0.2) is 72.8 Å². The zero-order valence-electron chi connectivity index (χ0n) is 11.2. The van der Waals surface area contributed by atoms with Gasteiger partial charge in [-0.05, 0) is 24.3 Å². The molecule has 0 unspecified atom stereocenters. The summed E-state index contributed by atoms with van der Waals surface area (Å²) in [5.41, 5.74) is 2.50. The largest absolute Gasteiger partial charge is 0.508 e. The van der Waals surface area contributed by atoms with E-state index in [1.807, 2.05) is 42.5 Å². The molecule has 0 spiro atoms. The van der Waals surface area contributed by atoms with Crippen LogP contribution in [0.25, 0.3) is 11.3 Å². The molecule has 0 aliphatic carbocycles. The topological polar surface area (TPSA) is 50.2 Å². The van der Waals surface area contributed by atoms with Crippen molar-refractivity contribution in [3.05, 3.63) is 84.1 Å². The van der Waals surface area contributed by atoms with Gasteiger partial charge in [-0.2, -0.15) is 0 Å². The Morgan fingerprint density at radius 2 is 1.62 bits per heavy atom. The van der Waals surface area contributed by atoms with E-state index >= 15 is 0 Å². The summed E-state index contributed by atoms with van der Waals surface area (Å²) in [5.74, 6) is -0.135. The van der Waals surface area contributed by atoms with Gasteiger partial charge in [0.15, 0.2) is 0 Å². The van der Waals surface area contributed by atoms with E-state index in [4.69, 9.17) is 0 Å². The minimum Gasteiger partial charge on any atom is -0.508 e. The second kappa shape index (κ2) is 5.59. The zero-order valence-corrected chi connectivity index (χ0v) is 11.2. The van der Waals surface area contributed by atoms with E-state index < -0.39 is 0 Å². The molecule has 0 aliphatic heterocycles. The SMILES string of the molecule is O=C(c1cccc(O)c1)c1cccc(-c2ccccc2)n1. The quantitative estimate of drug-likeness (QED) is 0.742. The number of aromatic nitrogens is 1. The molecule has 3 nitrogen and oxygen atoms in total. The number of phenols is 1. The standard InChI is InChI=1S/C18H13NO2/c20-15-9-4-8-14(12-15)18(21)17-11-5-10-16(19-17)13-6-2-1-3-7-13/h1-12,20H. The van der Waals surface area contributed by atoms with E-state index in [0.29, 0.717) is 11.3 Å². The number of hydrogen-bond donors (Lipinski definition) is 1. The van der Waals surface area contributed by atoms with Crippen molar-refractivity contribution in [3.63, 3.8) is 0 Å². The summed E-state index contributed by atoms with van der Waals surface area (Å²) in [5, 5.41) is 9.47. The fourth-order valence-electron chi connectivity index (χ4n) is 2.13. The van der Waals surface area contributed by atoms with E-state index in [1.165, 1.54) is 12.1 Å². The lowest BCUT2D eigenvalue weighted by Gasteiger charge is -2.04. The third-order valence-electron chi connectivity index (χ3n) is 3.16. The second-order valence-electron chi connectivity index (χ2n) is 4.65. The van der Waals surface area contributed by atoms with Crippen LogP contribution in [0.2, 0.25) is 0 Å². The van der Waals surface area contributed by atoms with Gasteiger partial charge in [0.2, 0.25) is 5.78 Å². The molecule has 0 radical (unpaired) electrons. The Morgan fingerprint density at radius 3 is 2.38 bits per heavy atom. The highest BCUT2D eigenvalue weighted by molar-refractivity contribution is 6.08. The van der Waals surface area contributed by atoms with Crippen LogP contribution < -0.4 is 0 Å². The van der Waals surface area contributed by atoms with Crippen molar-refractivity contribution in [2.75, 3.05) is 0 Å². The molecule has 0 amide bonds. The number of carbonyl (C=O) groups is 1. The van der Waals surface area contributed by atoms with Gasteiger partial charge < -0.3 is 5.11 Å². The first-order valence-corrected chi connectivity index (χ1v) is 6.60. The summed E-state index contributed by atoms with van der Waals surface area (Å²) in [4.78, 5) is 16.8. The van der Waals surface area contributed by atoms with Gasteiger partial charge in [0, 0.05) is 11.1 Å². The van der Waals surface area contributed by atoms with Crippen molar-refractivity contribution in [2.24, 2.45) is 0 Å². The van der Waals surface area contributed by atoms with Gasteiger partial charge in [0.25, 0.3) is 0 Å². The Balaban J connectivity index is 1.98. The fourth-order valence-corrected chi connectivity index (χ4v) is 2.13. The summed E-state index contributed by atoms with van der Waals surface area (Å²) < 4.78 is 0. The number of carbonyl (C=O) groups excluding carboxylic acids is 1. The Labute approximate surface area is 122 Å². The molecule has 2 aromatic carbocycles. The molecule has 0 saturated carbocycles. The normalized spacial score (nSPS) is 10.3. The molecule has 1 aromatic heterocycles. The maximum Gasteiger partial charge on any atom is 0.211 e. The molecule has 3 heteroatoms. The molecular formula is C18H13NO2. The smallest absolute Gasteiger partial charge is 0.211 e. The average Bonchev–Trinajstić information content (AvgIpc) is 2.55. The number of hydrogen-bond acceptors (Lipinski definition) is 3. The van der Waals surface area contributed by atoms with E-state index in [2.05, 4.69) is 4.98 Å². The Kier molecular flexibility index (Phi) is 3.48. The van der Waals surface area contributed by atoms with Crippen molar-refractivity contribution in [1.29, 1.82) is 0 Å². The molecule has 0 bridgehead atoms. The minimum atomic E-state index is -0.205.